The van der Waals surface area contributed by atoms with Gasteiger partial charge in [-0.1, -0.05) is 0 Å². The molecule has 0 atom stereocenters. The maximum atomic E-state index is 2.46. The molecule has 0 fully saturated rings. The Labute approximate surface area is 114 Å². The SMILES string of the molecule is CN(C)C[N+](C)(C)C.[I][V]([I])[I]. The van der Waals surface area contributed by atoms with Crippen molar-refractivity contribution in [1.29, 1.82) is 0 Å². The second-order valence-electron chi connectivity index (χ2n) is 3.70. The summed E-state index contributed by atoms with van der Waals surface area (Å²) in [6.07, 6.45) is 0. The van der Waals surface area contributed by atoms with Gasteiger partial charge in [0.15, 0.2) is 0 Å². The van der Waals surface area contributed by atoms with Crippen molar-refractivity contribution in [2.45, 2.75) is 0 Å². The molecular formula is C6H17I3N2V+. The second kappa shape index (κ2) is 8.96. The quantitative estimate of drug-likeness (QED) is 0.292. The van der Waals surface area contributed by atoms with Crippen molar-refractivity contribution in [1.82, 2.24) is 4.90 Å². The molecule has 0 aromatic rings. The monoisotopic (exact) mass is 549 g/mol. The van der Waals surface area contributed by atoms with Gasteiger partial charge in [0.25, 0.3) is 0 Å². The zero-order valence-corrected chi connectivity index (χ0v) is 16.1. The van der Waals surface area contributed by atoms with Crippen molar-refractivity contribution in [2.75, 3.05) is 41.9 Å². The molecule has 0 aromatic carbocycles. The predicted molar refractivity (Wildman–Crippen MR) is 78.6 cm³/mol. The molecule has 6 heteroatoms. The Hall–Kier alpha value is 2.69. The van der Waals surface area contributed by atoms with E-state index in [1.54, 1.807) is 0 Å². The first-order valence-electron chi connectivity index (χ1n) is 3.38. The van der Waals surface area contributed by atoms with Crippen LogP contribution >= 0.6 is 59.9 Å². The van der Waals surface area contributed by atoms with Crippen LogP contribution in [0.4, 0.5) is 0 Å². The molecule has 0 aliphatic heterocycles. The number of hydrogen-bond acceptors (Lipinski definition) is 1. The molecular weight excluding hydrogens is 532 g/mol. The molecule has 76 valence electrons. The molecule has 0 aliphatic rings. The molecule has 0 radical (unpaired) electrons. The van der Waals surface area contributed by atoms with Gasteiger partial charge in [-0.2, -0.15) is 0 Å². The zero-order valence-electron chi connectivity index (χ0n) is 8.18. The minimum atomic E-state index is -0.278. The first-order chi connectivity index (χ1) is 5.15. The molecule has 0 unspecified atom stereocenters. The predicted octanol–water partition coefficient (Wildman–Crippen LogP) is 2.87. The second-order valence-corrected chi connectivity index (χ2v) is 39.1. The summed E-state index contributed by atoms with van der Waals surface area (Å²) in [5.74, 6) is 0. The van der Waals surface area contributed by atoms with Crippen molar-refractivity contribution in [2.24, 2.45) is 0 Å². The summed E-state index contributed by atoms with van der Waals surface area (Å²) in [4.78, 5) is 1.90. The summed E-state index contributed by atoms with van der Waals surface area (Å²) in [5.41, 5.74) is 0. The Morgan fingerprint density at radius 3 is 1.33 bits per heavy atom. The van der Waals surface area contributed by atoms with Gasteiger partial charge in [0.05, 0.1) is 21.1 Å². The van der Waals surface area contributed by atoms with E-state index in [9.17, 15) is 0 Å². The van der Waals surface area contributed by atoms with Gasteiger partial charge < -0.3 is 4.48 Å². The maximum absolute atomic E-state index is 2.46. The fourth-order valence-corrected chi connectivity index (χ4v) is 0.849. The van der Waals surface area contributed by atoms with E-state index in [4.69, 9.17) is 0 Å². The van der Waals surface area contributed by atoms with Crippen LogP contribution in [0.1, 0.15) is 0 Å². The van der Waals surface area contributed by atoms with Crippen LogP contribution in [-0.2, 0) is 4.92 Å². The van der Waals surface area contributed by atoms with Crippen LogP contribution in [0.5, 0.6) is 0 Å². The number of rotatable bonds is 2. The fourth-order valence-electron chi connectivity index (χ4n) is 0.849. The Morgan fingerprint density at radius 2 is 1.33 bits per heavy atom. The summed E-state index contributed by atoms with van der Waals surface area (Å²) in [6, 6.07) is 0. The van der Waals surface area contributed by atoms with E-state index < -0.39 is 0 Å². The van der Waals surface area contributed by atoms with Gasteiger partial charge in [0.2, 0.25) is 0 Å². The van der Waals surface area contributed by atoms with E-state index >= 15 is 0 Å². The number of nitrogens with zero attached hydrogens (tertiary/aromatic N) is 2. The van der Waals surface area contributed by atoms with Crippen molar-refractivity contribution in [3.63, 3.8) is 0 Å². The van der Waals surface area contributed by atoms with Gasteiger partial charge in [-0.15, -0.1) is 0 Å². The Kier molecular flexibility index (Phi) is 12.8. The first kappa shape index (κ1) is 17.1. The fraction of sp³-hybridized carbons (Fsp3) is 1.00. The number of halogens is 3. The first-order valence-corrected chi connectivity index (χ1v) is 16.9. The van der Waals surface area contributed by atoms with Gasteiger partial charge in [0, 0.05) is 0 Å². The van der Waals surface area contributed by atoms with Gasteiger partial charge >= 0.3 is 64.9 Å². The molecule has 2 nitrogen and oxygen atoms in total. The molecule has 0 amide bonds. The molecule has 0 bridgehead atoms. The van der Waals surface area contributed by atoms with Crippen molar-refractivity contribution >= 4 is 59.9 Å². The Bertz CT molecular complexity index is 101. The molecule has 0 aromatic heterocycles. The van der Waals surface area contributed by atoms with E-state index in [2.05, 4.69) is 100 Å². The van der Waals surface area contributed by atoms with Gasteiger partial charge in [-0.25, -0.2) is 0 Å². The van der Waals surface area contributed by atoms with E-state index in [0.29, 0.717) is 0 Å². The van der Waals surface area contributed by atoms with Gasteiger partial charge in [0.1, 0.15) is 6.67 Å². The molecule has 0 rings (SSSR count). The molecule has 0 aliphatic carbocycles. The van der Waals surface area contributed by atoms with Crippen LogP contribution in [0.2, 0.25) is 0 Å². The number of quaternary nitrogens is 1. The summed E-state index contributed by atoms with van der Waals surface area (Å²) < 4.78 is 1.01. The van der Waals surface area contributed by atoms with Crippen LogP contribution in [0.15, 0.2) is 0 Å². The Morgan fingerprint density at radius 1 is 1.08 bits per heavy atom. The van der Waals surface area contributed by atoms with E-state index in [-0.39, 0.29) is 4.92 Å². The minimum absolute atomic E-state index is 0.278. The van der Waals surface area contributed by atoms with E-state index in [1.165, 1.54) is 0 Å². The summed E-state index contributed by atoms with van der Waals surface area (Å²) in [5, 5.41) is 0. The summed E-state index contributed by atoms with van der Waals surface area (Å²) >= 11 is 7.39. The molecule has 0 saturated carbocycles. The average Bonchev–Trinajstić information content (AvgIpc) is 1.52. The van der Waals surface area contributed by atoms with Crippen LogP contribution in [0.25, 0.3) is 0 Å². The molecule has 0 saturated heterocycles. The zero-order chi connectivity index (χ0) is 10.4. The van der Waals surface area contributed by atoms with E-state index in [0.717, 1.165) is 11.2 Å². The third-order valence-electron chi connectivity index (χ3n) is 0.707. The van der Waals surface area contributed by atoms with Crippen molar-refractivity contribution < 1.29 is 9.40 Å². The standard InChI is InChI=1S/C6H17N2.3HI.V/c1-7(2)6-8(3,4)5;;;;/h6H2,1-5H3;3*1H;/q+1;;;;+3/p-3. The van der Waals surface area contributed by atoms with Gasteiger partial charge in [-0.3, -0.25) is 4.90 Å². The van der Waals surface area contributed by atoms with Crippen LogP contribution in [0, 0.1) is 0 Å². The van der Waals surface area contributed by atoms with Crippen molar-refractivity contribution in [3.05, 3.63) is 0 Å². The normalized spacial score (nSPS) is 11.5. The molecule has 0 heterocycles. The summed E-state index contributed by atoms with van der Waals surface area (Å²) in [7, 11) is 10.7. The molecule has 0 N–H and O–H groups in total. The molecule has 0 spiro atoms. The average molecular weight is 549 g/mol. The van der Waals surface area contributed by atoms with Crippen LogP contribution < -0.4 is 0 Å². The molecule has 12 heavy (non-hydrogen) atoms. The Balaban J connectivity index is 0. The van der Waals surface area contributed by atoms with E-state index in [1.807, 2.05) is 0 Å². The summed E-state index contributed by atoms with van der Waals surface area (Å²) in [6.45, 7) is 1.10. The van der Waals surface area contributed by atoms with Crippen LogP contribution in [0.3, 0.4) is 0 Å². The third-order valence-corrected chi connectivity index (χ3v) is 0.707. The third kappa shape index (κ3) is 29.3. The van der Waals surface area contributed by atoms with Crippen LogP contribution in [-0.4, -0.2) is 51.3 Å². The topological polar surface area (TPSA) is 3.24 Å². The van der Waals surface area contributed by atoms with Crippen molar-refractivity contribution in [3.8, 4) is 0 Å². The number of hydrogen-bond donors (Lipinski definition) is 0. The van der Waals surface area contributed by atoms with Gasteiger partial charge in [-0.05, 0) is 14.1 Å².